The van der Waals surface area contributed by atoms with Crippen molar-refractivity contribution < 1.29 is 9.59 Å². The first-order valence-corrected chi connectivity index (χ1v) is 8.25. The number of nitrogens with one attached hydrogen (secondary N) is 3. The molecule has 0 spiro atoms. The van der Waals surface area contributed by atoms with Crippen molar-refractivity contribution >= 4 is 23.4 Å². The maximum Gasteiger partial charge on any atom is 0.269 e. The van der Waals surface area contributed by atoms with Crippen LogP contribution in [-0.2, 0) is 4.79 Å². The van der Waals surface area contributed by atoms with Crippen molar-refractivity contribution in [3.63, 3.8) is 0 Å². The summed E-state index contributed by atoms with van der Waals surface area (Å²) in [5, 5.41) is 2.74. The highest BCUT2D eigenvalue weighted by atomic mass is 35.5. The topological polar surface area (TPSA) is 96.0 Å². The Bertz CT molecular complexity index is 978. The average molecular weight is 371 g/mol. The highest BCUT2D eigenvalue weighted by molar-refractivity contribution is 6.27. The van der Waals surface area contributed by atoms with Gasteiger partial charge in [-0.15, -0.1) is 11.6 Å². The zero-order valence-electron chi connectivity index (χ0n) is 13.5. The average Bonchev–Trinajstić information content (AvgIpc) is 3.08. The molecule has 1 heterocycles. The molecule has 7 nitrogen and oxygen atoms in total. The fourth-order valence-corrected chi connectivity index (χ4v) is 2.48. The lowest BCUT2D eigenvalue weighted by molar-refractivity contribution is -0.119. The largest absolute Gasteiger partial charge is 0.272 e. The molecular formula is C18H15ClN4O3. The Morgan fingerprint density at radius 3 is 2.35 bits per heavy atom. The molecular weight excluding hydrogens is 356 g/mol. The molecule has 0 aliphatic carbocycles. The lowest BCUT2D eigenvalue weighted by Gasteiger charge is -2.10. The third-order valence-electron chi connectivity index (χ3n) is 3.62. The van der Waals surface area contributed by atoms with E-state index in [0.29, 0.717) is 16.9 Å². The minimum atomic E-state index is -0.506. The zero-order valence-corrected chi connectivity index (χ0v) is 14.3. The Hall–Kier alpha value is -3.32. The van der Waals surface area contributed by atoms with Crippen LogP contribution in [0.15, 0.2) is 65.5 Å². The smallest absolute Gasteiger partial charge is 0.269 e. The van der Waals surface area contributed by atoms with Crippen LogP contribution in [-0.4, -0.2) is 27.5 Å². The van der Waals surface area contributed by atoms with Crippen molar-refractivity contribution in [3.8, 4) is 16.9 Å². The molecule has 0 unspecified atom stereocenters. The van der Waals surface area contributed by atoms with Gasteiger partial charge in [-0.25, -0.2) is 0 Å². The van der Waals surface area contributed by atoms with Crippen LogP contribution in [0.1, 0.15) is 10.4 Å². The lowest BCUT2D eigenvalue weighted by Crippen LogP contribution is -2.42. The number of hydrogen-bond acceptors (Lipinski definition) is 3. The maximum absolute atomic E-state index is 12.0. The molecule has 0 atom stereocenters. The van der Waals surface area contributed by atoms with E-state index < -0.39 is 11.8 Å². The molecule has 3 rings (SSSR count). The van der Waals surface area contributed by atoms with Crippen LogP contribution in [0.25, 0.3) is 16.9 Å². The van der Waals surface area contributed by atoms with E-state index in [1.807, 2.05) is 30.3 Å². The first-order valence-electron chi connectivity index (χ1n) is 7.71. The van der Waals surface area contributed by atoms with E-state index in [2.05, 4.69) is 16.0 Å². The second-order valence-electron chi connectivity index (χ2n) is 5.39. The van der Waals surface area contributed by atoms with Gasteiger partial charge in [0, 0.05) is 17.2 Å². The SMILES string of the molecule is O=C(CCl)NNC(=O)c1ccc(-n2[nH]c(=O)cc2-c2ccccc2)cc1. The summed E-state index contributed by atoms with van der Waals surface area (Å²) in [7, 11) is 0. The van der Waals surface area contributed by atoms with E-state index in [0.717, 1.165) is 5.56 Å². The molecule has 3 N–H and O–H groups in total. The fraction of sp³-hybridized carbons (Fsp3) is 0.0556. The van der Waals surface area contributed by atoms with Crippen LogP contribution < -0.4 is 16.4 Å². The molecule has 1 aromatic heterocycles. The number of hydrazine groups is 1. The van der Waals surface area contributed by atoms with Gasteiger partial charge >= 0.3 is 0 Å². The minimum absolute atomic E-state index is 0.227. The molecule has 8 heteroatoms. The number of amides is 2. The summed E-state index contributed by atoms with van der Waals surface area (Å²) in [6.07, 6.45) is 0. The van der Waals surface area contributed by atoms with Gasteiger partial charge in [0.05, 0.1) is 11.4 Å². The van der Waals surface area contributed by atoms with Crippen molar-refractivity contribution in [3.05, 3.63) is 76.6 Å². The molecule has 2 aromatic carbocycles. The summed E-state index contributed by atoms with van der Waals surface area (Å²) in [5.74, 6) is -1.23. The number of aromatic nitrogens is 2. The van der Waals surface area contributed by atoms with E-state index >= 15 is 0 Å². The summed E-state index contributed by atoms with van der Waals surface area (Å²) in [5.41, 5.74) is 6.85. The lowest BCUT2D eigenvalue weighted by atomic mass is 10.1. The van der Waals surface area contributed by atoms with Crippen molar-refractivity contribution in [1.82, 2.24) is 20.6 Å². The first-order chi connectivity index (χ1) is 12.6. The van der Waals surface area contributed by atoms with Crippen molar-refractivity contribution in [2.24, 2.45) is 0 Å². The number of alkyl halides is 1. The number of hydrogen-bond donors (Lipinski definition) is 3. The third-order valence-corrected chi connectivity index (χ3v) is 3.87. The third kappa shape index (κ3) is 3.84. The van der Waals surface area contributed by atoms with Crippen molar-refractivity contribution in [2.45, 2.75) is 0 Å². The van der Waals surface area contributed by atoms with Gasteiger partial charge in [-0.3, -0.25) is 35.0 Å². The summed E-state index contributed by atoms with van der Waals surface area (Å²) < 4.78 is 1.65. The number of rotatable bonds is 4. The van der Waals surface area contributed by atoms with E-state index in [-0.39, 0.29) is 11.4 Å². The zero-order chi connectivity index (χ0) is 18.5. The summed E-state index contributed by atoms with van der Waals surface area (Å²) in [6, 6.07) is 17.6. The van der Waals surface area contributed by atoms with Gasteiger partial charge < -0.3 is 0 Å². The summed E-state index contributed by atoms with van der Waals surface area (Å²) in [6.45, 7) is 0. The Morgan fingerprint density at radius 2 is 1.69 bits per heavy atom. The number of benzene rings is 2. The molecule has 0 saturated carbocycles. The van der Waals surface area contributed by atoms with Gasteiger partial charge in [-0.05, 0) is 24.3 Å². The van der Waals surface area contributed by atoms with Crippen LogP contribution in [0.4, 0.5) is 0 Å². The van der Waals surface area contributed by atoms with Crippen molar-refractivity contribution in [2.75, 3.05) is 5.88 Å². The van der Waals surface area contributed by atoms with E-state index in [9.17, 15) is 14.4 Å². The van der Waals surface area contributed by atoms with Gasteiger partial charge in [0.25, 0.3) is 17.4 Å². The molecule has 2 amide bonds. The Labute approximate surface area is 153 Å². The van der Waals surface area contributed by atoms with E-state index in [4.69, 9.17) is 11.6 Å². The van der Waals surface area contributed by atoms with Gasteiger partial charge in [0.1, 0.15) is 5.88 Å². The predicted octanol–water partition coefficient (Wildman–Crippen LogP) is 1.83. The molecule has 0 saturated heterocycles. The minimum Gasteiger partial charge on any atom is -0.272 e. The number of H-pyrrole nitrogens is 1. The molecule has 0 aliphatic rings. The van der Waals surface area contributed by atoms with E-state index in [1.54, 1.807) is 28.9 Å². The van der Waals surface area contributed by atoms with E-state index in [1.165, 1.54) is 6.07 Å². The molecule has 3 aromatic rings. The second kappa shape index (κ2) is 7.71. The maximum atomic E-state index is 12.0. The van der Waals surface area contributed by atoms with Crippen LogP contribution in [0.5, 0.6) is 0 Å². The second-order valence-corrected chi connectivity index (χ2v) is 5.66. The number of carbonyl (C=O) groups excluding carboxylic acids is 2. The van der Waals surface area contributed by atoms with Crippen LogP contribution in [0, 0.1) is 0 Å². The van der Waals surface area contributed by atoms with Gasteiger partial charge in [0.15, 0.2) is 0 Å². The number of aromatic amines is 1. The summed E-state index contributed by atoms with van der Waals surface area (Å²) in [4.78, 5) is 34.9. The normalized spacial score (nSPS) is 10.3. The molecule has 0 radical (unpaired) electrons. The first kappa shape index (κ1) is 17.5. The fourth-order valence-electron chi connectivity index (χ4n) is 2.41. The Kier molecular flexibility index (Phi) is 5.19. The van der Waals surface area contributed by atoms with Crippen molar-refractivity contribution in [1.29, 1.82) is 0 Å². The predicted molar refractivity (Wildman–Crippen MR) is 98.2 cm³/mol. The monoisotopic (exact) mass is 370 g/mol. The van der Waals surface area contributed by atoms with Crippen LogP contribution in [0.3, 0.4) is 0 Å². The number of carbonyl (C=O) groups is 2. The number of nitrogens with zero attached hydrogens (tertiary/aromatic N) is 1. The molecule has 0 bridgehead atoms. The molecule has 26 heavy (non-hydrogen) atoms. The Balaban J connectivity index is 1.85. The van der Waals surface area contributed by atoms with Gasteiger partial charge in [-0.2, -0.15) is 0 Å². The van der Waals surface area contributed by atoms with Crippen LogP contribution in [0.2, 0.25) is 0 Å². The quantitative estimate of drug-likeness (QED) is 0.483. The molecule has 0 fully saturated rings. The summed E-state index contributed by atoms with van der Waals surface area (Å²) >= 11 is 5.34. The van der Waals surface area contributed by atoms with Gasteiger partial charge in [0.2, 0.25) is 0 Å². The van der Waals surface area contributed by atoms with Gasteiger partial charge in [-0.1, -0.05) is 30.3 Å². The highest BCUT2D eigenvalue weighted by Crippen LogP contribution is 2.20. The highest BCUT2D eigenvalue weighted by Gasteiger charge is 2.11. The molecule has 0 aliphatic heterocycles. The Morgan fingerprint density at radius 1 is 1.00 bits per heavy atom. The standard InChI is InChI=1S/C18H15ClN4O3/c19-11-17(25)20-21-18(26)13-6-8-14(9-7-13)23-15(10-16(24)22-23)12-4-2-1-3-5-12/h1-10H,11H2,(H,20,25)(H,21,26)(H,22,24). The number of halogens is 1. The van der Waals surface area contributed by atoms with Crippen LogP contribution >= 0.6 is 11.6 Å². The molecule has 132 valence electrons.